The molecule has 1 aliphatic rings. The van der Waals surface area contributed by atoms with Gasteiger partial charge in [0.2, 0.25) is 5.91 Å². The second-order valence-corrected chi connectivity index (χ2v) is 8.92. The highest BCUT2D eigenvalue weighted by Gasteiger charge is 2.42. The van der Waals surface area contributed by atoms with Crippen LogP contribution in [0.25, 0.3) is 0 Å². The minimum Gasteiger partial charge on any atom is -0.497 e. The van der Waals surface area contributed by atoms with Gasteiger partial charge in [0.25, 0.3) is 11.8 Å². The maximum Gasteiger partial charge on any atom is 0.264 e. The molecule has 0 aliphatic carbocycles. The number of methoxy groups -OCH3 is 1. The number of aryl methyl sites for hydroxylation is 1. The quantitative estimate of drug-likeness (QED) is 0.470. The second kappa shape index (κ2) is 12.2. The number of nitrogens with two attached hydrogens (primary N) is 1. The van der Waals surface area contributed by atoms with Crippen LogP contribution in [-0.2, 0) is 29.1 Å². The molecule has 37 heavy (non-hydrogen) atoms. The van der Waals surface area contributed by atoms with Crippen molar-refractivity contribution in [3.05, 3.63) is 101 Å². The van der Waals surface area contributed by atoms with Crippen molar-refractivity contribution in [2.45, 2.75) is 32.1 Å². The zero-order valence-corrected chi connectivity index (χ0v) is 20.9. The Balaban J connectivity index is 1.53. The lowest BCUT2D eigenvalue weighted by molar-refractivity contribution is -0.141. The number of hydrogen-bond donors (Lipinski definition) is 2. The molecule has 1 aliphatic heterocycles. The molecule has 1 atom stereocenters. The van der Waals surface area contributed by atoms with E-state index >= 15 is 0 Å². The second-order valence-electron chi connectivity index (χ2n) is 8.92. The summed E-state index contributed by atoms with van der Waals surface area (Å²) >= 11 is 0. The Kier molecular flexibility index (Phi) is 8.53. The van der Waals surface area contributed by atoms with Gasteiger partial charge in [0, 0.05) is 38.2 Å². The fourth-order valence-electron chi connectivity index (χ4n) is 4.49. The third kappa shape index (κ3) is 6.34. The molecule has 0 spiro atoms. The summed E-state index contributed by atoms with van der Waals surface area (Å²) in [6.07, 6.45) is -0.243. The van der Waals surface area contributed by atoms with Crippen molar-refractivity contribution in [2.75, 3.05) is 20.2 Å². The third-order valence-electron chi connectivity index (χ3n) is 6.47. The Morgan fingerprint density at radius 1 is 0.892 bits per heavy atom. The van der Waals surface area contributed by atoms with Gasteiger partial charge >= 0.3 is 0 Å². The van der Waals surface area contributed by atoms with E-state index in [2.05, 4.69) is 5.32 Å². The molecule has 3 aromatic carbocycles. The summed E-state index contributed by atoms with van der Waals surface area (Å²) in [4.78, 5) is 43.2. The minimum absolute atomic E-state index is 0.171. The SMILES string of the molecule is COc1cccc(C(=O)N2CCN(C(=O)CCc3ccccc3)C2C(=O)NCc2cccc(CN)c2)c1. The van der Waals surface area contributed by atoms with Crippen LogP contribution < -0.4 is 15.8 Å². The summed E-state index contributed by atoms with van der Waals surface area (Å²) in [6, 6.07) is 24.1. The minimum atomic E-state index is -1.04. The maximum absolute atomic E-state index is 13.5. The highest BCUT2D eigenvalue weighted by Crippen LogP contribution is 2.22. The van der Waals surface area contributed by atoms with Crippen LogP contribution in [0.5, 0.6) is 5.75 Å². The molecule has 1 fully saturated rings. The Hall–Kier alpha value is -4.17. The normalized spacial score (nSPS) is 14.9. The lowest BCUT2D eigenvalue weighted by Crippen LogP contribution is -2.53. The fourth-order valence-corrected chi connectivity index (χ4v) is 4.49. The molecule has 192 valence electrons. The van der Waals surface area contributed by atoms with Gasteiger partial charge in [-0.3, -0.25) is 14.4 Å². The molecule has 3 N–H and O–H groups in total. The number of amides is 3. The summed E-state index contributed by atoms with van der Waals surface area (Å²) in [5.74, 6) is -0.362. The fraction of sp³-hybridized carbons (Fsp3) is 0.276. The van der Waals surface area contributed by atoms with Gasteiger partial charge in [-0.05, 0) is 41.3 Å². The monoisotopic (exact) mass is 500 g/mol. The number of nitrogens with zero attached hydrogens (tertiary/aromatic N) is 2. The van der Waals surface area contributed by atoms with Gasteiger partial charge < -0.3 is 25.6 Å². The van der Waals surface area contributed by atoms with E-state index in [0.29, 0.717) is 24.3 Å². The van der Waals surface area contributed by atoms with Gasteiger partial charge in [0.05, 0.1) is 7.11 Å². The molecule has 0 saturated carbocycles. The summed E-state index contributed by atoms with van der Waals surface area (Å²) in [7, 11) is 1.53. The first-order chi connectivity index (χ1) is 18.0. The van der Waals surface area contributed by atoms with Crippen LogP contribution in [-0.4, -0.2) is 53.9 Å². The molecular formula is C29H32N4O4. The Bertz CT molecular complexity index is 1250. The molecule has 3 aromatic rings. The molecule has 1 saturated heterocycles. The zero-order chi connectivity index (χ0) is 26.2. The Labute approximate surface area is 217 Å². The molecule has 8 nitrogen and oxygen atoms in total. The van der Waals surface area contributed by atoms with Crippen molar-refractivity contribution < 1.29 is 19.1 Å². The first-order valence-electron chi connectivity index (χ1n) is 12.3. The van der Waals surface area contributed by atoms with Crippen LogP contribution in [0, 0.1) is 0 Å². The van der Waals surface area contributed by atoms with Gasteiger partial charge in [-0.25, -0.2) is 0 Å². The highest BCUT2D eigenvalue weighted by atomic mass is 16.5. The average Bonchev–Trinajstić information content (AvgIpc) is 3.40. The number of hydrogen-bond acceptors (Lipinski definition) is 5. The standard InChI is InChI=1S/C29H32N4O4/c1-37-25-12-6-11-24(18-25)29(36)33-16-15-32(26(34)14-13-21-7-3-2-4-8-21)28(33)27(35)31-20-23-10-5-9-22(17-23)19-30/h2-12,17-18,28H,13-16,19-20,30H2,1H3,(H,31,35). The Morgan fingerprint density at radius 3 is 2.35 bits per heavy atom. The number of ether oxygens (including phenoxy) is 1. The predicted molar refractivity (Wildman–Crippen MR) is 140 cm³/mol. The summed E-state index contributed by atoms with van der Waals surface area (Å²) in [6.45, 7) is 1.20. The van der Waals surface area contributed by atoms with Crippen molar-refractivity contribution in [1.82, 2.24) is 15.1 Å². The maximum atomic E-state index is 13.5. The van der Waals surface area contributed by atoms with Crippen molar-refractivity contribution >= 4 is 17.7 Å². The van der Waals surface area contributed by atoms with Crippen LogP contribution in [0.4, 0.5) is 0 Å². The van der Waals surface area contributed by atoms with Crippen LogP contribution in [0.2, 0.25) is 0 Å². The molecule has 3 amide bonds. The number of carbonyl (C=O) groups excluding carboxylic acids is 3. The first kappa shape index (κ1) is 25.9. The van der Waals surface area contributed by atoms with Crippen molar-refractivity contribution in [2.24, 2.45) is 5.73 Å². The van der Waals surface area contributed by atoms with Gasteiger partial charge in [0.15, 0.2) is 6.17 Å². The molecule has 4 rings (SSSR count). The number of nitrogens with one attached hydrogen (secondary N) is 1. The predicted octanol–water partition coefficient (Wildman–Crippen LogP) is 2.71. The first-order valence-corrected chi connectivity index (χ1v) is 12.3. The molecule has 0 bridgehead atoms. The van der Waals surface area contributed by atoms with E-state index in [4.69, 9.17) is 10.5 Å². The summed E-state index contributed by atoms with van der Waals surface area (Å²) in [5.41, 5.74) is 9.02. The average molecular weight is 501 g/mol. The third-order valence-corrected chi connectivity index (χ3v) is 6.47. The van der Waals surface area contributed by atoms with E-state index in [1.165, 1.54) is 16.9 Å². The molecule has 0 aromatic heterocycles. The highest BCUT2D eigenvalue weighted by molar-refractivity contribution is 5.99. The van der Waals surface area contributed by atoms with E-state index < -0.39 is 12.1 Å². The smallest absolute Gasteiger partial charge is 0.264 e. The lowest BCUT2D eigenvalue weighted by Gasteiger charge is -2.29. The zero-order valence-electron chi connectivity index (χ0n) is 20.9. The van der Waals surface area contributed by atoms with Crippen LogP contribution in [0.15, 0.2) is 78.9 Å². The number of rotatable bonds is 9. The van der Waals surface area contributed by atoms with Crippen LogP contribution in [0.1, 0.15) is 33.5 Å². The van der Waals surface area contributed by atoms with Gasteiger partial charge in [-0.1, -0.05) is 60.7 Å². The molecule has 1 unspecified atom stereocenters. The topological polar surface area (TPSA) is 105 Å². The summed E-state index contributed by atoms with van der Waals surface area (Å²) < 4.78 is 5.26. The van der Waals surface area contributed by atoms with E-state index in [0.717, 1.165) is 16.7 Å². The molecule has 1 heterocycles. The van der Waals surface area contributed by atoms with Gasteiger partial charge in [-0.2, -0.15) is 0 Å². The van der Waals surface area contributed by atoms with E-state index in [-0.39, 0.29) is 37.9 Å². The van der Waals surface area contributed by atoms with Gasteiger partial charge in [0.1, 0.15) is 5.75 Å². The van der Waals surface area contributed by atoms with E-state index in [9.17, 15) is 14.4 Å². The van der Waals surface area contributed by atoms with Crippen molar-refractivity contribution in [1.29, 1.82) is 0 Å². The van der Waals surface area contributed by atoms with Crippen molar-refractivity contribution in [3.63, 3.8) is 0 Å². The van der Waals surface area contributed by atoms with E-state index in [1.807, 2.05) is 54.6 Å². The van der Waals surface area contributed by atoms with E-state index in [1.54, 1.807) is 24.3 Å². The summed E-state index contributed by atoms with van der Waals surface area (Å²) in [5, 5.41) is 2.92. The molecule has 8 heteroatoms. The van der Waals surface area contributed by atoms with Crippen LogP contribution in [0.3, 0.4) is 0 Å². The number of carbonyl (C=O) groups is 3. The molecule has 0 radical (unpaired) electrons. The lowest BCUT2D eigenvalue weighted by atomic mass is 10.1. The molecular weight excluding hydrogens is 468 g/mol. The Morgan fingerprint density at radius 2 is 1.59 bits per heavy atom. The van der Waals surface area contributed by atoms with Gasteiger partial charge in [-0.15, -0.1) is 0 Å². The number of benzene rings is 3. The van der Waals surface area contributed by atoms with Crippen molar-refractivity contribution in [3.8, 4) is 5.75 Å². The van der Waals surface area contributed by atoms with Crippen LogP contribution >= 0.6 is 0 Å². The largest absolute Gasteiger partial charge is 0.497 e.